The Morgan fingerprint density at radius 3 is 2.18 bits per heavy atom. The predicted octanol–water partition coefficient (Wildman–Crippen LogP) is 3.28. The van der Waals surface area contributed by atoms with Crippen molar-refractivity contribution in [1.29, 1.82) is 0 Å². The first-order valence-electron chi connectivity index (χ1n) is 4.88. The lowest BCUT2D eigenvalue weighted by Crippen LogP contribution is -2.40. The van der Waals surface area contributed by atoms with Crippen molar-refractivity contribution in [3.8, 4) is 0 Å². The van der Waals surface area contributed by atoms with E-state index in [9.17, 15) is 0 Å². The second kappa shape index (κ2) is 2.69. The first kappa shape index (κ1) is 7.97. The molecule has 0 atom stereocenters. The van der Waals surface area contributed by atoms with E-state index in [0.717, 1.165) is 16.6 Å². The van der Waals surface area contributed by atoms with E-state index in [1.807, 2.05) is 0 Å². The quantitative estimate of drug-likeness (QED) is 0.530. The van der Waals surface area contributed by atoms with Gasteiger partial charge in [-0.1, -0.05) is 19.8 Å². The van der Waals surface area contributed by atoms with E-state index in [0.29, 0.717) is 0 Å². The van der Waals surface area contributed by atoms with E-state index in [1.165, 1.54) is 38.5 Å². The molecule has 2 fully saturated rings. The highest BCUT2D eigenvalue weighted by Gasteiger charge is 2.43. The molecule has 11 heavy (non-hydrogen) atoms. The van der Waals surface area contributed by atoms with Crippen molar-refractivity contribution in [2.75, 3.05) is 0 Å². The molecular formula is C10H18S. The fraction of sp³-hybridized carbons (Fsp3) is 1.00. The number of hydrogen-bond donors (Lipinski definition) is 1. The summed E-state index contributed by atoms with van der Waals surface area (Å²) in [6, 6.07) is 0. The summed E-state index contributed by atoms with van der Waals surface area (Å²) in [5, 5.41) is 0.739. The van der Waals surface area contributed by atoms with Gasteiger partial charge in [0.1, 0.15) is 0 Å². The molecule has 0 bridgehead atoms. The van der Waals surface area contributed by atoms with Crippen molar-refractivity contribution in [2.45, 2.75) is 50.7 Å². The smallest absolute Gasteiger partial charge is 0.00273 e. The maximum Gasteiger partial charge on any atom is 0.00273 e. The summed E-state index contributed by atoms with van der Waals surface area (Å²) in [5.74, 6) is 1.000. The summed E-state index contributed by atoms with van der Waals surface area (Å²) in [7, 11) is 0. The van der Waals surface area contributed by atoms with Crippen molar-refractivity contribution in [1.82, 2.24) is 0 Å². The zero-order valence-corrected chi connectivity index (χ0v) is 8.24. The summed E-state index contributed by atoms with van der Waals surface area (Å²) < 4.78 is 0. The fourth-order valence-electron chi connectivity index (χ4n) is 2.72. The van der Waals surface area contributed by atoms with Crippen LogP contribution in [0.2, 0.25) is 0 Å². The van der Waals surface area contributed by atoms with Crippen LogP contribution in [0.3, 0.4) is 0 Å². The lowest BCUT2D eigenvalue weighted by atomic mass is 9.59. The van der Waals surface area contributed by atoms with Gasteiger partial charge in [0.15, 0.2) is 0 Å². The SMILES string of the molecule is CC1CCC2(CC1)CC(S)C2. The van der Waals surface area contributed by atoms with Crippen LogP contribution in [-0.2, 0) is 0 Å². The summed E-state index contributed by atoms with van der Waals surface area (Å²) in [5.41, 5.74) is 0.777. The third-order valence-electron chi connectivity index (χ3n) is 3.67. The van der Waals surface area contributed by atoms with Crippen LogP contribution in [0.25, 0.3) is 0 Å². The Bertz CT molecular complexity index is 137. The summed E-state index contributed by atoms with van der Waals surface area (Å²) in [6.07, 6.45) is 8.74. The highest BCUT2D eigenvalue weighted by atomic mass is 32.1. The van der Waals surface area contributed by atoms with Gasteiger partial charge in [-0.25, -0.2) is 0 Å². The minimum absolute atomic E-state index is 0.739. The molecule has 2 rings (SSSR count). The van der Waals surface area contributed by atoms with E-state index < -0.39 is 0 Å². The van der Waals surface area contributed by atoms with Gasteiger partial charge in [-0.05, 0) is 37.0 Å². The number of thiol groups is 1. The van der Waals surface area contributed by atoms with Crippen molar-refractivity contribution in [2.24, 2.45) is 11.3 Å². The van der Waals surface area contributed by atoms with Gasteiger partial charge in [-0.15, -0.1) is 0 Å². The maximum absolute atomic E-state index is 4.49. The zero-order chi connectivity index (χ0) is 7.90. The van der Waals surface area contributed by atoms with Gasteiger partial charge < -0.3 is 0 Å². The van der Waals surface area contributed by atoms with Crippen LogP contribution in [0.5, 0.6) is 0 Å². The Labute approximate surface area is 75.2 Å². The Hall–Kier alpha value is 0.350. The number of hydrogen-bond acceptors (Lipinski definition) is 1. The van der Waals surface area contributed by atoms with Crippen molar-refractivity contribution in [3.05, 3.63) is 0 Å². The molecule has 64 valence electrons. The highest BCUT2D eigenvalue weighted by Crippen LogP contribution is 2.54. The Balaban J connectivity index is 1.88. The maximum atomic E-state index is 4.49. The fourth-order valence-corrected chi connectivity index (χ4v) is 3.50. The average Bonchev–Trinajstić information content (AvgIpc) is 1.92. The Kier molecular flexibility index (Phi) is 1.95. The molecule has 0 N–H and O–H groups in total. The lowest BCUT2D eigenvalue weighted by molar-refractivity contribution is 0.0665. The molecule has 0 heterocycles. The minimum atomic E-state index is 0.739. The lowest BCUT2D eigenvalue weighted by Gasteiger charge is -2.50. The Morgan fingerprint density at radius 2 is 1.73 bits per heavy atom. The summed E-state index contributed by atoms with van der Waals surface area (Å²) in [4.78, 5) is 0. The molecule has 0 saturated heterocycles. The van der Waals surface area contributed by atoms with Crippen LogP contribution < -0.4 is 0 Å². The molecule has 0 nitrogen and oxygen atoms in total. The van der Waals surface area contributed by atoms with Gasteiger partial charge in [0.05, 0.1) is 0 Å². The van der Waals surface area contributed by atoms with Crippen molar-refractivity contribution < 1.29 is 0 Å². The third-order valence-corrected chi connectivity index (χ3v) is 4.04. The average molecular weight is 170 g/mol. The molecule has 0 unspecified atom stereocenters. The normalized spacial score (nSPS) is 50.7. The van der Waals surface area contributed by atoms with Crippen molar-refractivity contribution in [3.63, 3.8) is 0 Å². The van der Waals surface area contributed by atoms with Gasteiger partial charge in [-0.2, -0.15) is 12.6 Å². The predicted molar refractivity (Wildman–Crippen MR) is 52.1 cm³/mol. The van der Waals surface area contributed by atoms with E-state index in [-0.39, 0.29) is 0 Å². The first-order valence-corrected chi connectivity index (χ1v) is 5.40. The molecular weight excluding hydrogens is 152 g/mol. The van der Waals surface area contributed by atoms with E-state index >= 15 is 0 Å². The zero-order valence-electron chi connectivity index (χ0n) is 7.34. The van der Waals surface area contributed by atoms with Crippen LogP contribution in [0, 0.1) is 11.3 Å². The van der Waals surface area contributed by atoms with E-state index in [4.69, 9.17) is 0 Å². The standard InChI is InChI=1S/C10H18S/c1-8-2-4-10(5-3-8)6-9(11)7-10/h8-9,11H,2-7H2,1H3. The molecule has 2 aliphatic rings. The Morgan fingerprint density at radius 1 is 1.18 bits per heavy atom. The molecule has 0 aromatic rings. The molecule has 0 amide bonds. The van der Waals surface area contributed by atoms with Crippen LogP contribution in [0.15, 0.2) is 0 Å². The molecule has 0 radical (unpaired) electrons. The third kappa shape index (κ3) is 1.44. The topological polar surface area (TPSA) is 0 Å². The largest absolute Gasteiger partial charge is 0.176 e. The molecule has 0 aliphatic heterocycles. The molecule has 1 spiro atoms. The van der Waals surface area contributed by atoms with Gasteiger partial charge in [-0.3, -0.25) is 0 Å². The molecule has 0 aromatic carbocycles. The van der Waals surface area contributed by atoms with Gasteiger partial charge in [0.2, 0.25) is 0 Å². The minimum Gasteiger partial charge on any atom is -0.176 e. The van der Waals surface area contributed by atoms with Crippen LogP contribution in [0.1, 0.15) is 45.4 Å². The molecule has 1 heteroatoms. The number of rotatable bonds is 0. The van der Waals surface area contributed by atoms with Crippen LogP contribution in [0.4, 0.5) is 0 Å². The van der Waals surface area contributed by atoms with Crippen molar-refractivity contribution >= 4 is 12.6 Å². The van der Waals surface area contributed by atoms with E-state index in [1.54, 1.807) is 0 Å². The first-order chi connectivity index (χ1) is 5.20. The van der Waals surface area contributed by atoms with Crippen LogP contribution in [-0.4, -0.2) is 5.25 Å². The molecule has 2 saturated carbocycles. The molecule has 2 aliphatic carbocycles. The van der Waals surface area contributed by atoms with Gasteiger partial charge in [0.25, 0.3) is 0 Å². The second-order valence-corrected chi connectivity index (χ2v) is 5.47. The summed E-state index contributed by atoms with van der Waals surface area (Å²) >= 11 is 4.49. The highest BCUT2D eigenvalue weighted by molar-refractivity contribution is 7.81. The summed E-state index contributed by atoms with van der Waals surface area (Å²) in [6.45, 7) is 2.39. The van der Waals surface area contributed by atoms with Gasteiger partial charge in [0, 0.05) is 5.25 Å². The van der Waals surface area contributed by atoms with Crippen LogP contribution >= 0.6 is 12.6 Å². The molecule has 0 aromatic heterocycles. The van der Waals surface area contributed by atoms with E-state index in [2.05, 4.69) is 19.6 Å². The monoisotopic (exact) mass is 170 g/mol. The van der Waals surface area contributed by atoms with Gasteiger partial charge >= 0.3 is 0 Å². The second-order valence-electron chi connectivity index (χ2n) is 4.74.